The minimum absolute atomic E-state index is 0.114. The lowest BCUT2D eigenvalue weighted by Gasteiger charge is -2.04. The van der Waals surface area contributed by atoms with Crippen LogP contribution in [0.4, 0.5) is 4.39 Å². The fraction of sp³-hybridized carbons (Fsp3) is 0.0833. The molecule has 0 bridgehead atoms. The van der Waals surface area contributed by atoms with Gasteiger partial charge in [-0.25, -0.2) is 14.4 Å². The molecule has 17 heavy (non-hydrogen) atoms. The summed E-state index contributed by atoms with van der Waals surface area (Å²) >= 11 is 0. The molecule has 4 nitrogen and oxygen atoms in total. The Morgan fingerprint density at radius 2 is 2.18 bits per heavy atom. The molecule has 5 heteroatoms. The number of halogens is 1. The Morgan fingerprint density at radius 1 is 1.35 bits per heavy atom. The minimum atomic E-state index is -0.456. The molecule has 0 fully saturated rings. The Labute approximate surface area is 97.1 Å². The molecular formula is C12H9FN2O2. The highest BCUT2D eigenvalue weighted by Crippen LogP contribution is 2.23. The van der Waals surface area contributed by atoms with Crippen molar-refractivity contribution in [3.63, 3.8) is 0 Å². The average molecular weight is 232 g/mol. The summed E-state index contributed by atoms with van der Waals surface area (Å²) in [5, 5.41) is 0. The monoisotopic (exact) mass is 232 g/mol. The number of nitrogens with zero attached hydrogens (tertiary/aromatic N) is 2. The Bertz CT molecular complexity index is 558. The number of hydrogen-bond acceptors (Lipinski definition) is 4. The van der Waals surface area contributed by atoms with Crippen LogP contribution < -0.4 is 4.74 Å². The van der Waals surface area contributed by atoms with Gasteiger partial charge in [0.2, 0.25) is 0 Å². The van der Waals surface area contributed by atoms with Gasteiger partial charge in [0, 0.05) is 11.8 Å². The van der Waals surface area contributed by atoms with Gasteiger partial charge in [0.25, 0.3) is 0 Å². The molecule has 0 saturated carbocycles. The molecule has 0 unspecified atom stereocenters. The lowest BCUT2D eigenvalue weighted by Crippen LogP contribution is -1.95. The Balaban J connectivity index is 2.48. The Kier molecular flexibility index (Phi) is 3.09. The molecular weight excluding hydrogens is 223 g/mol. The molecule has 86 valence electrons. The normalized spacial score (nSPS) is 10.0. The molecule has 2 rings (SSSR count). The van der Waals surface area contributed by atoms with Gasteiger partial charge in [-0.05, 0) is 24.3 Å². The minimum Gasteiger partial charge on any atom is -0.494 e. The van der Waals surface area contributed by atoms with Crippen molar-refractivity contribution in [2.45, 2.75) is 0 Å². The molecule has 1 aromatic carbocycles. The van der Waals surface area contributed by atoms with Crippen molar-refractivity contribution < 1.29 is 13.9 Å². The zero-order chi connectivity index (χ0) is 12.3. The largest absolute Gasteiger partial charge is 0.494 e. The molecule has 1 aromatic heterocycles. The quantitative estimate of drug-likeness (QED) is 0.760. The van der Waals surface area contributed by atoms with Crippen molar-refractivity contribution in [2.75, 3.05) is 7.11 Å². The first kappa shape index (κ1) is 11.2. The molecule has 2 aromatic rings. The van der Waals surface area contributed by atoms with E-state index in [4.69, 9.17) is 4.74 Å². The lowest BCUT2D eigenvalue weighted by atomic mass is 10.2. The van der Waals surface area contributed by atoms with Crippen molar-refractivity contribution >= 4 is 6.29 Å². The number of benzene rings is 1. The SMILES string of the molecule is COc1cc(-c2nccc(C=O)n2)ccc1F. The number of aldehydes is 1. The second-order valence-corrected chi connectivity index (χ2v) is 3.27. The summed E-state index contributed by atoms with van der Waals surface area (Å²) in [6, 6.07) is 5.78. The maximum Gasteiger partial charge on any atom is 0.168 e. The summed E-state index contributed by atoms with van der Waals surface area (Å²) in [5.74, 6) is 0.0123. The van der Waals surface area contributed by atoms with Crippen LogP contribution in [0.3, 0.4) is 0 Å². The van der Waals surface area contributed by atoms with E-state index in [-0.39, 0.29) is 11.4 Å². The van der Waals surface area contributed by atoms with Crippen LogP contribution in [0.2, 0.25) is 0 Å². The summed E-state index contributed by atoms with van der Waals surface area (Å²) in [4.78, 5) is 18.6. The van der Waals surface area contributed by atoms with Gasteiger partial charge in [-0.1, -0.05) is 0 Å². The van der Waals surface area contributed by atoms with E-state index in [9.17, 15) is 9.18 Å². The highest BCUT2D eigenvalue weighted by atomic mass is 19.1. The predicted molar refractivity (Wildman–Crippen MR) is 59.4 cm³/mol. The van der Waals surface area contributed by atoms with Gasteiger partial charge < -0.3 is 4.74 Å². The summed E-state index contributed by atoms with van der Waals surface area (Å²) in [7, 11) is 1.38. The van der Waals surface area contributed by atoms with Crippen LogP contribution in [-0.2, 0) is 0 Å². The van der Waals surface area contributed by atoms with Crippen LogP contribution in [0.5, 0.6) is 5.75 Å². The van der Waals surface area contributed by atoms with E-state index in [1.807, 2.05) is 0 Å². The second-order valence-electron chi connectivity index (χ2n) is 3.27. The number of aromatic nitrogens is 2. The van der Waals surface area contributed by atoms with Crippen LogP contribution in [0.1, 0.15) is 10.5 Å². The van der Waals surface area contributed by atoms with Crippen LogP contribution in [0, 0.1) is 5.82 Å². The molecule has 0 amide bonds. The molecule has 0 atom stereocenters. The summed E-state index contributed by atoms with van der Waals surface area (Å²) < 4.78 is 18.1. The number of ether oxygens (including phenoxy) is 1. The van der Waals surface area contributed by atoms with Crippen LogP contribution in [-0.4, -0.2) is 23.4 Å². The van der Waals surface area contributed by atoms with Gasteiger partial charge in [-0.2, -0.15) is 0 Å². The number of methoxy groups -OCH3 is 1. The highest BCUT2D eigenvalue weighted by molar-refractivity contribution is 5.72. The van der Waals surface area contributed by atoms with Crippen LogP contribution in [0.25, 0.3) is 11.4 Å². The fourth-order valence-corrected chi connectivity index (χ4v) is 1.38. The standard InChI is InChI=1S/C12H9FN2O2/c1-17-11-6-8(2-3-10(11)13)12-14-5-4-9(7-16)15-12/h2-7H,1H3. The Hall–Kier alpha value is -2.30. The van der Waals surface area contributed by atoms with E-state index in [0.717, 1.165) is 0 Å². The number of carbonyl (C=O) groups is 1. The Morgan fingerprint density at radius 3 is 2.88 bits per heavy atom. The van der Waals surface area contributed by atoms with Crippen LogP contribution in [0.15, 0.2) is 30.5 Å². The maximum atomic E-state index is 13.2. The van der Waals surface area contributed by atoms with E-state index in [1.165, 1.54) is 37.6 Å². The summed E-state index contributed by atoms with van der Waals surface area (Å²) in [6.45, 7) is 0. The maximum absolute atomic E-state index is 13.2. The summed E-state index contributed by atoms with van der Waals surface area (Å²) in [5.41, 5.74) is 0.866. The van der Waals surface area contributed by atoms with Gasteiger partial charge in [-0.15, -0.1) is 0 Å². The van der Waals surface area contributed by atoms with E-state index >= 15 is 0 Å². The van der Waals surface area contributed by atoms with Crippen LogP contribution >= 0.6 is 0 Å². The third-order valence-electron chi connectivity index (χ3n) is 2.21. The van der Waals surface area contributed by atoms with E-state index in [1.54, 1.807) is 0 Å². The average Bonchev–Trinajstić information content (AvgIpc) is 2.39. The van der Waals surface area contributed by atoms with Crippen molar-refractivity contribution in [3.8, 4) is 17.1 Å². The molecule has 0 saturated heterocycles. The first-order chi connectivity index (χ1) is 8.24. The van der Waals surface area contributed by atoms with Gasteiger partial charge >= 0.3 is 0 Å². The molecule has 0 spiro atoms. The third kappa shape index (κ3) is 2.28. The predicted octanol–water partition coefficient (Wildman–Crippen LogP) is 2.10. The van der Waals surface area contributed by atoms with Crippen molar-refractivity contribution in [2.24, 2.45) is 0 Å². The topological polar surface area (TPSA) is 52.1 Å². The molecule has 1 heterocycles. The van der Waals surface area contributed by atoms with Gasteiger partial charge in [-0.3, -0.25) is 4.79 Å². The van der Waals surface area contributed by atoms with Gasteiger partial charge in [0.05, 0.1) is 7.11 Å². The van der Waals surface area contributed by atoms with E-state index in [2.05, 4.69) is 9.97 Å². The van der Waals surface area contributed by atoms with Crippen molar-refractivity contribution in [1.82, 2.24) is 9.97 Å². The van der Waals surface area contributed by atoms with Gasteiger partial charge in [0.1, 0.15) is 5.69 Å². The molecule has 0 aliphatic rings. The highest BCUT2D eigenvalue weighted by Gasteiger charge is 2.07. The molecule has 0 aliphatic carbocycles. The molecule has 0 aliphatic heterocycles. The van der Waals surface area contributed by atoms with E-state index < -0.39 is 5.82 Å². The lowest BCUT2D eigenvalue weighted by molar-refractivity contribution is 0.111. The zero-order valence-corrected chi connectivity index (χ0v) is 9.05. The second kappa shape index (κ2) is 4.69. The first-order valence-corrected chi connectivity index (χ1v) is 4.86. The molecule has 0 N–H and O–H groups in total. The third-order valence-corrected chi connectivity index (χ3v) is 2.21. The fourth-order valence-electron chi connectivity index (χ4n) is 1.38. The number of hydrogen-bond donors (Lipinski definition) is 0. The molecule has 0 radical (unpaired) electrons. The van der Waals surface area contributed by atoms with Gasteiger partial charge in [0.15, 0.2) is 23.7 Å². The smallest absolute Gasteiger partial charge is 0.168 e. The number of carbonyl (C=O) groups excluding carboxylic acids is 1. The van der Waals surface area contributed by atoms with Crippen molar-refractivity contribution in [3.05, 3.63) is 42.0 Å². The first-order valence-electron chi connectivity index (χ1n) is 4.86. The summed E-state index contributed by atoms with van der Waals surface area (Å²) in [6.07, 6.45) is 2.10. The van der Waals surface area contributed by atoms with Crippen molar-refractivity contribution in [1.29, 1.82) is 0 Å². The zero-order valence-electron chi connectivity index (χ0n) is 9.05. The van der Waals surface area contributed by atoms with E-state index in [0.29, 0.717) is 17.7 Å². The number of rotatable bonds is 3.